The summed E-state index contributed by atoms with van der Waals surface area (Å²) in [7, 11) is 0. The summed E-state index contributed by atoms with van der Waals surface area (Å²) in [4.78, 5) is 11.7. The number of pyridine rings is 2. The fourth-order valence-electron chi connectivity index (χ4n) is 6.49. The van der Waals surface area contributed by atoms with Crippen LogP contribution in [0.3, 0.4) is 0 Å². The van der Waals surface area contributed by atoms with Crippen LogP contribution in [-0.4, -0.2) is 9.97 Å². The summed E-state index contributed by atoms with van der Waals surface area (Å²) < 4.78 is 0. The smallest absolute Gasteiger partial charge is 0.270 e. The van der Waals surface area contributed by atoms with Crippen LogP contribution in [-0.2, 0) is 0 Å². The van der Waals surface area contributed by atoms with Crippen LogP contribution in [0.25, 0.3) is 81.7 Å². The molecule has 8 rings (SSSR count). The van der Waals surface area contributed by atoms with Gasteiger partial charge in [-0.1, -0.05) is 104 Å². The van der Waals surface area contributed by atoms with Crippen LogP contribution in [0.5, 0.6) is 0 Å². The first-order chi connectivity index (χ1) is 22.7. The first-order valence-electron chi connectivity index (χ1n) is 15.0. The van der Waals surface area contributed by atoms with E-state index in [0.29, 0.717) is 11.5 Å². The molecular weight excluding hydrogens is 560 g/mol. The molecule has 0 fully saturated rings. The van der Waals surface area contributed by atoms with Crippen LogP contribution in [0.15, 0.2) is 146 Å². The Morgan fingerprint density at radius 1 is 0.478 bits per heavy atom. The van der Waals surface area contributed by atoms with Gasteiger partial charge in [0.25, 0.3) is 5.82 Å². The van der Waals surface area contributed by atoms with E-state index in [0.717, 1.165) is 38.6 Å². The maximum absolute atomic E-state index is 9.30. The van der Waals surface area contributed by atoms with Crippen molar-refractivity contribution in [2.75, 3.05) is 0 Å². The highest BCUT2D eigenvalue weighted by Crippen LogP contribution is 2.44. The van der Waals surface area contributed by atoms with Gasteiger partial charge in [-0.25, -0.2) is 4.98 Å². The molecule has 4 nitrogen and oxygen atoms in total. The second-order valence-electron chi connectivity index (χ2n) is 11.3. The Morgan fingerprint density at radius 3 is 1.57 bits per heavy atom. The topological polar surface area (TPSA) is 53.9 Å². The van der Waals surface area contributed by atoms with Crippen LogP contribution in [0, 0.1) is 17.9 Å². The third kappa shape index (κ3) is 4.63. The lowest BCUT2D eigenvalue weighted by Gasteiger charge is -2.18. The Labute approximate surface area is 266 Å². The Balaban J connectivity index is 1.28. The third-order valence-corrected chi connectivity index (χ3v) is 8.64. The van der Waals surface area contributed by atoms with Crippen molar-refractivity contribution in [3.05, 3.63) is 163 Å². The minimum atomic E-state index is 0.395. The number of fused-ring (bicyclic) bond motifs is 3. The summed E-state index contributed by atoms with van der Waals surface area (Å²) in [5.74, 6) is 0.395. The Morgan fingerprint density at radius 2 is 0.957 bits per heavy atom. The lowest BCUT2D eigenvalue weighted by atomic mass is 9.85. The number of hydrogen-bond acceptors (Lipinski definition) is 3. The van der Waals surface area contributed by atoms with E-state index in [-0.39, 0.29) is 0 Å². The lowest BCUT2D eigenvalue weighted by molar-refractivity contribution is 1.27. The molecule has 2 aromatic heterocycles. The van der Waals surface area contributed by atoms with Crippen molar-refractivity contribution < 1.29 is 0 Å². The highest BCUT2D eigenvalue weighted by atomic mass is 14.8. The highest BCUT2D eigenvalue weighted by Gasteiger charge is 2.17. The standard InChI is InChI=1S/C42H24N4/c1-44-40-25-33(19-21-46-40)27-10-12-28(13-11-27)41-36-6-2-4-8-38(36)42(39-9-5-3-7-37(39)41)34-17-16-29-22-30(14-15-31(29)23-34)32-18-20-45-35(24-32)26-43/h2-25H. The maximum atomic E-state index is 9.30. The second-order valence-corrected chi connectivity index (χ2v) is 11.3. The number of hydrogen-bond donors (Lipinski definition) is 0. The average molecular weight is 585 g/mol. The van der Waals surface area contributed by atoms with Crippen molar-refractivity contribution in [3.8, 4) is 50.6 Å². The summed E-state index contributed by atoms with van der Waals surface area (Å²) in [6.45, 7) is 7.33. The van der Waals surface area contributed by atoms with E-state index >= 15 is 0 Å². The normalized spacial score (nSPS) is 11.0. The fraction of sp³-hybridized carbons (Fsp3) is 0. The number of nitrogens with zero attached hydrogens (tertiary/aromatic N) is 4. The van der Waals surface area contributed by atoms with Gasteiger partial charge in [-0.05, 0) is 113 Å². The minimum absolute atomic E-state index is 0.395. The van der Waals surface area contributed by atoms with Crippen molar-refractivity contribution in [2.45, 2.75) is 0 Å². The minimum Gasteiger partial charge on any atom is -0.361 e. The summed E-state index contributed by atoms with van der Waals surface area (Å²) in [6.07, 6.45) is 3.37. The predicted octanol–water partition coefficient (Wildman–Crippen LogP) is 11.0. The van der Waals surface area contributed by atoms with Gasteiger partial charge in [-0.15, -0.1) is 4.98 Å². The molecule has 2 heterocycles. The van der Waals surface area contributed by atoms with E-state index in [1.54, 1.807) is 12.4 Å². The van der Waals surface area contributed by atoms with Gasteiger partial charge in [0.2, 0.25) is 0 Å². The molecule has 6 aromatic carbocycles. The van der Waals surface area contributed by atoms with E-state index in [4.69, 9.17) is 6.57 Å². The van der Waals surface area contributed by atoms with E-state index < -0.39 is 0 Å². The van der Waals surface area contributed by atoms with Gasteiger partial charge >= 0.3 is 0 Å². The van der Waals surface area contributed by atoms with Gasteiger partial charge in [0.15, 0.2) is 0 Å². The Kier molecular flexibility index (Phi) is 6.53. The van der Waals surface area contributed by atoms with Gasteiger partial charge in [-0.2, -0.15) is 5.26 Å². The molecule has 0 aliphatic heterocycles. The van der Waals surface area contributed by atoms with Crippen LogP contribution in [0.2, 0.25) is 0 Å². The number of aromatic nitrogens is 2. The molecule has 4 heteroatoms. The largest absolute Gasteiger partial charge is 0.361 e. The molecule has 0 N–H and O–H groups in total. The van der Waals surface area contributed by atoms with Gasteiger partial charge in [0, 0.05) is 6.20 Å². The Bertz CT molecular complexity index is 2490. The van der Waals surface area contributed by atoms with E-state index in [9.17, 15) is 5.26 Å². The molecule has 0 amide bonds. The zero-order valence-corrected chi connectivity index (χ0v) is 24.6. The molecule has 46 heavy (non-hydrogen) atoms. The summed E-state index contributed by atoms with van der Waals surface area (Å²) in [5.41, 5.74) is 9.21. The van der Waals surface area contributed by atoms with Crippen LogP contribution >= 0.6 is 0 Å². The number of benzene rings is 6. The first-order valence-corrected chi connectivity index (χ1v) is 15.0. The van der Waals surface area contributed by atoms with Crippen LogP contribution < -0.4 is 0 Å². The molecule has 0 spiro atoms. The van der Waals surface area contributed by atoms with Crippen molar-refractivity contribution in [1.82, 2.24) is 9.97 Å². The molecular formula is C42H24N4. The summed E-state index contributed by atoms with van der Waals surface area (Å²) in [6, 6.07) is 48.7. The zero-order chi connectivity index (χ0) is 31.0. The van der Waals surface area contributed by atoms with E-state index in [1.165, 1.54) is 38.2 Å². The molecule has 0 radical (unpaired) electrons. The maximum Gasteiger partial charge on any atom is 0.270 e. The second kappa shape index (κ2) is 11.1. The van der Waals surface area contributed by atoms with Gasteiger partial charge in [-0.3, -0.25) is 0 Å². The molecule has 0 saturated heterocycles. The quantitative estimate of drug-likeness (QED) is 0.153. The molecule has 0 unspecified atom stereocenters. The first kappa shape index (κ1) is 27.0. The third-order valence-electron chi connectivity index (χ3n) is 8.64. The number of nitriles is 1. The molecule has 0 aliphatic rings. The van der Waals surface area contributed by atoms with Crippen molar-refractivity contribution in [1.29, 1.82) is 5.26 Å². The molecule has 212 valence electrons. The van der Waals surface area contributed by atoms with Crippen LogP contribution in [0.4, 0.5) is 5.82 Å². The number of rotatable bonds is 4. The zero-order valence-electron chi connectivity index (χ0n) is 24.6. The predicted molar refractivity (Wildman–Crippen MR) is 187 cm³/mol. The monoisotopic (exact) mass is 584 g/mol. The van der Waals surface area contributed by atoms with Gasteiger partial charge < -0.3 is 4.85 Å². The molecule has 0 bridgehead atoms. The summed E-state index contributed by atoms with van der Waals surface area (Å²) >= 11 is 0. The Hall–Kier alpha value is -6.62. The van der Waals surface area contributed by atoms with Crippen molar-refractivity contribution in [3.63, 3.8) is 0 Å². The summed E-state index contributed by atoms with van der Waals surface area (Å²) in [5, 5.41) is 16.4. The van der Waals surface area contributed by atoms with Gasteiger partial charge in [0.1, 0.15) is 18.0 Å². The van der Waals surface area contributed by atoms with Gasteiger partial charge in [0.05, 0.1) is 0 Å². The highest BCUT2D eigenvalue weighted by molar-refractivity contribution is 6.21. The van der Waals surface area contributed by atoms with Crippen molar-refractivity contribution in [2.24, 2.45) is 0 Å². The molecule has 0 saturated carbocycles. The van der Waals surface area contributed by atoms with Crippen LogP contribution in [0.1, 0.15) is 5.69 Å². The van der Waals surface area contributed by atoms with E-state index in [2.05, 4.69) is 130 Å². The average Bonchev–Trinajstić information content (AvgIpc) is 3.13. The lowest BCUT2D eigenvalue weighted by Crippen LogP contribution is -1.91. The van der Waals surface area contributed by atoms with Crippen molar-refractivity contribution >= 4 is 38.1 Å². The molecule has 0 atom stereocenters. The SMILES string of the molecule is [C-]#[N+]c1cc(-c2ccc(-c3c4ccccc4c(-c4ccc5cc(-c6ccnc(C#N)c6)ccc5c4)c4ccccc34)cc2)ccn1. The molecule has 8 aromatic rings. The van der Waals surface area contributed by atoms with E-state index in [1.807, 2.05) is 24.3 Å². The molecule has 0 aliphatic carbocycles. The fourth-order valence-corrected chi connectivity index (χ4v) is 6.49.